The molecule has 1 amide bonds. The van der Waals surface area contributed by atoms with E-state index >= 15 is 0 Å². The fourth-order valence-electron chi connectivity index (χ4n) is 4.90. The molecule has 5 rings (SSSR count). The monoisotopic (exact) mass is 491 g/mol. The lowest BCUT2D eigenvalue weighted by atomic mass is 9.68. The number of aromatic nitrogens is 2. The molecule has 182 valence electrons. The number of aliphatic hydroxyl groups excluding tert-OH is 1. The molecule has 0 bridgehead atoms. The number of rotatable bonds is 8. The first kappa shape index (κ1) is 23.6. The van der Waals surface area contributed by atoms with Gasteiger partial charge in [0.2, 0.25) is 5.95 Å². The fourth-order valence-corrected chi connectivity index (χ4v) is 5.17. The molecule has 8 heteroatoms. The Kier molecular flexibility index (Phi) is 6.88. The minimum Gasteiger partial charge on any atom is -0.392 e. The highest BCUT2D eigenvalue weighted by atomic mass is 35.5. The van der Waals surface area contributed by atoms with Gasteiger partial charge in [0.15, 0.2) is 0 Å². The van der Waals surface area contributed by atoms with E-state index in [1.54, 1.807) is 12.3 Å². The minimum absolute atomic E-state index is 0.106. The summed E-state index contributed by atoms with van der Waals surface area (Å²) in [6.07, 6.45) is 6.66. The molecule has 1 aliphatic heterocycles. The summed E-state index contributed by atoms with van der Waals surface area (Å²) in [4.78, 5) is 24.7. The Morgan fingerprint density at radius 1 is 1.09 bits per heavy atom. The van der Waals surface area contributed by atoms with E-state index in [9.17, 15) is 9.90 Å². The number of carbonyl (C=O) groups is 1. The minimum atomic E-state index is -0.228. The van der Waals surface area contributed by atoms with Crippen LogP contribution in [-0.4, -0.2) is 34.1 Å². The van der Waals surface area contributed by atoms with Crippen molar-refractivity contribution < 1.29 is 9.90 Å². The molecule has 0 radical (unpaired) electrons. The lowest BCUT2D eigenvalue weighted by Crippen LogP contribution is -2.34. The van der Waals surface area contributed by atoms with Gasteiger partial charge in [-0.1, -0.05) is 60.5 Å². The zero-order chi connectivity index (χ0) is 24.3. The van der Waals surface area contributed by atoms with Crippen molar-refractivity contribution in [2.24, 2.45) is 5.41 Å². The molecule has 1 saturated carbocycles. The molecule has 3 N–H and O–H groups in total. The van der Waals surface area contributed by atoms with Gasteiger partial charge in [-0.25, -0.2) is 4.98 Å². The molecular formula is C27H30ClN5O2. The highest BCUT2D eigenvalue weighted by Gasteiger charge is 2.43. The van der Waals surface area contributed by atoms with Crippen LogP contribution in [0.5, 0.6) is 0 Å². The van der Waals surface area contributed by atoms with Crippen molar-refractivity contribution in [2.45, 2.75) is 45.4 Å². The largest absolute Gasteiger partial charge is 0.392 e. The predicted octanol–water partition coefficient (Wildman–Crippen LogP) is 4.54. The van der Waals surface area contributed by atoms with Crippen molar-refractivity contribution in [3.05, 3.63) is 82.0 Å². The summed E-state index contributed by atoms with van der Waals surface area (Å²) in [6, 6.07) is 15.3. The summed E-state index contributed by atoms with van der Waals surface area (Å²) in [5.74, 6) is 0.926. The summed E-state index contributed by atoms with van der Waals surface area (Å²) in [7, 11) is 0. The number of nitrogens with one attached hydrogen (secondary N) is 2. The Hall–Kier alpha value is -3.16. The number of hydrogen-bond acceptors (Lipinski definition) is 6. The van der Waals surface area contributed by atoms with Crippen molar-refractivity contribution in [2.75, 3.05) is 23.3 Å². The van der Waals surface area contributed by atoms with Gasteiger partial charge in [0.05, 0.1) is 6.61 Å². The highest BCUT2D eigenvalue weighted by molar-refractivity contribution is 6.31. The van der Waals surface area contributed by atoms with Gasteiger partial charge in [-0.15, -0.1) is 0 Å². The van der Waals surface area contributed by atoms with E-state index in [1.807, 2.05) is 42.5 Å². The molecule has 3 aromatic rings. The van der Waals surface area contributed by atoms with E-state index in [-0.39, 0.29) is 12.5 Å². The van der Waals surface area contributed by atoms with Gasteiger partial charge in [-0.3, -0.25) is 4.79 Å². The third-order valence-corrected chi connectivity index (χ3v) is 7.55. The number of halogens is 1. The normalized spacial score (nSPS) is 16.2. The van der Waals surface area contributed by atoms with Crippen LogP contribution in [0.15, 0.2) is 54.7 Å². The van der Waals surface area contributed by atoms with Gasteiger partial charge in [-0.05, 0) is 47.4 Å². The number of benzene rings is 2. The third kappa shape index (κ3) is 5.26. The molecule has 2 fully saturated rings. The summed E-state index contributed by atoms with van der Waals surface area (Å²) in [6.45, 7) is 2.67. The van der Waals surface area contributed by atoms with Crippen molar-refractivity contribution in [3.63, 3.8) is 0 Å². The zero-order valence-corrected chi connectivity index (χ0v) is 20.4. The quantitative estimate of drug-likeness (QED) is 0.428. The first-order valence-corrected chi connectivity index (χ1v) is 12.5. The smallest absolute Gasteiger partial charge is 0.256 e. The molecule has 7 nitrogen and oxygen atoms in total. The Labute approximate surface area is 210 Å². The van der Waals surface area contributed by atoms with Crippen LogP contribution in [-0.2, 0) is 19.7 Å². The number of nitrogens with zero attached hydrogens (tertiary/aromatic N) is 3. The Balaban J connectivity index is 1.35. The summed E-state index contributed by atoms with van der Waals surface area (Å²) in [5, 5.41) is 16.2. The lowest BCUT2D eigenvalue weighted by Gasteiger charge is -2.37. The number of anilines is 2. The third-order valence-electron chi connectivity index (χ3n) is 7.20. The molecule has 0 unspecified atom stereocenters. The molecule has 1 aliphatic carbocycles. The van der Waals surface area contributed by atoms with Gasteiger partial charge in [-0.2, -0.15) is 4.98 Å². The number of aliphatic hydroxyl groups is 1. The average molecular weight is 492 g/mol. The van der Waals surface area contributed by atoms with Crippen LogP contribution in [0.3, 0.4) is 0 Å². The van der Waals surface area contributed by atoms with Gasteiger partial charge in [0.1, 0.15) is 11.4 Å². The van der Waals surface area contributed by atoms with E-state index < -0.39 is 0 Å². The fraction of sp³-hybridized carbons (Fsp3) is 0.370. The Bertz CT molecular complexity index is 1200. The second-order valence-corrected chi connectivity index (χ2v) is 9.97. The summed E-state index contributed by atoms with van der Waals surface area (Å²) < 4.78 is 0. The first-order chi connectivity index (χ1) is 17.0. The Morgan fingerprint density at radius 2 is 1.91 bits per heavy atom. The van der Waals surface area contributed by atoms with E-state index in [0.29, 0.717) is 46.4 Å². The van der Waals surface area contributed by atoms with Gasteiger partial charge in [0.25, 0.3) is 5.91 Å². The van der Waals surface area contributed by atoms with Crippen molar-refractivity contribution in [3.8, 4) is 0 Å². The van der Waals surface area contributed by atoms with Gasteiger partial charge < -0.3 is 20.6 Å². The van der Waals surface area contributed by atoms with Crippen molar-refractivity contribution in [1.29, 1.82) is 0 Å². The molecule has 1 spiro atoms. The molecule has 1 aromatic heterocycles. The maximum Gasteiger partial charge on any atom is 0.256 e. The van der Waals surface area contributed by atoms with Crippen LogP contribution in [0.1, 0.15) is 52.7 Å². The highest BCUT2D eigenvalue weighted by Crippen LogP contribution is 2.48. The summed E-state index contributed by atoms with van der Waals surface area (Å²) >= 11 is 6.27. The molecule has 2 heterocycles. The molecule has 2 aromatic carbocycles. The summed E-state index contributed by atoms with van der Waals surface area (Å²) in [5.41, 5.74) is 3.46. The number of amides is 1. The van der Waals surface area contributed by atoms with Crippen LogP contribution in [0.2, 0.25) is 5.02 Å². The topological polar surface area (TPSA) is 90.4 Å². The molecule has 35 heavy (non-hydrogen) atoms. The molecule has 2 aliphatic rings. The standard InChI is InChI=1S/C27H30ClN5O2/c28-23-13-20(7-8-21(23)17-34)15-29-24-22(25(35)30-14-19-5-2-1-3-6-19)16-31-26(32-24)33-12-11-27(18-33)9-4-10-27/h1-3,5-8,13,16,34H,4,9-12,14-15,17-18H2,(H,30,35)(H,29,31,32). The van der Waals surface area contributed by atoms with Gasteiger partial charge >= 0.3 is 0 Å². The Morgan fingerprint density at radius 3 is 2.60 bits per heavy atom. The SMILES string of the molecule is O=C(NCc1ccccc1)c1cnc(N2CCC3(CCC3)C2)nc1NCc1ccc(CO)c(Cl)c1. The van der Waals surface area contributed by atoms with E-state index in [4.69, 9.17) is 16.6 Å². The van der Waals surface area contributed by atoms with E-state index in [0.717, 1.165) is 24.2 Å². The molecule has 0 atom stereocenters. The van der Waals surface area contributed by atoms with Crippen LogP contribution in [0, 0.1) is 5.41 Å². The molecule has 1 saturated heterocycles. The van der Waals surface area contributed by atoms with E-state index in [2.05, 4.69) is 20.5 Å². The van der Waals surface area contributed by atoms with Crippen molar-refractivity contribution >= 4 is 29.3 Å². The maximum atomic E-state index is 13.1. The first-order valence-electron chi connectivity index (χ1n) is 12.1. The molecular weight excluding hydrogens is 462 g/mol. The van der Waals surface area contributed by atoms with E-state index in [1.165, 1.54) is 25.7 Å². The zero-order valence-electron chi connectivity index (χ0n) is 19.6. The maximum absolute atomic E-state index is 13.1. The average Bonchev–Trinajstić information content (AvgIpc) is 3.33. The van der Waals surface area contributed by atoms with Crippen LogP contribution in [0.25, 0.3) is 0 Å². The second-order valence-electron chi connectivity index (χ2n) is 9.56. The van der Waals surface area contributed by atoms with Gasteiger partial charge in [0, 0.05) is 37.4 Å². The number of carbonyl (C=O) groups excluding carboxylic acids is 1. The predicted molar refractivity (Wildman–Crippen MR) is 137 cm³/mol. The van der Waals surface area contributed by atoms with Crippen molar-refractivity contribution in [1.82, 2.24) is 15.3 Å². The lowest BCUT2D eigenvalue weighted by molar-refractivity contribution is 0.0951. The second kappa shape index (κ2) is 10.2. The van der Waals surface area contributed by atoms with Crippen LogP contribution >= 0.6 is 11.6 Å². The van der Waals surface area contributed by atoms with Crippen LogP contribution in [0.4, 0.5) is 11.8 Å². The van der Waals surface area contributed by atoms with Crippen LogP contribution < -0.4 is 15.5 Å². The number of hydrogen-bond donors (Lipinski definition) is 3.